The molecular formula is C22H31N3O2. The molecule has 5 heteroatoms. The van der Waals surface area contributed by atoms with E-state index in [2.05, 4.69) is 22.9 Å². The molecule has 0 unspecified atom stereocenters. The second-order valence-electron chi connectivity index (χ2n) is 7.95. The Bertz CT molecular complexity index is 776. The van der Waals surface area contributed by atoms with Gasteiger partial charge >= 0.3 is 0 Å². The van der Waals surface area contributed by atoms with E-state index in [0.29, 0.717) is 17.8 Å². The van der Waals surface area contributed by atoms with E-state index in [-0.39, 0.29) is 17.9 Å². The lowest BCUT2D eigenvalue weighted by atomic mass is 9.96. The molecule has 2 heterocycles. The molecule has 2 aliphatic rings. The molecule has 1 fully saturated rings. The van der Waals surface area contributed by atoms with Crippen LogP contribution in [-0.2, 0) is 9.59 Å². The van der Waals surface area contributed by atoms with Gasteiger partial charge in [-0.25, -0.2) is 0 Å². The minimum atomic E-state index is -0.149. The van der Waals surface area contributed by atoms with Crippen molar-refractivity contribution in [3.8, 4) is 0 Å². The molecule has 1 saturated heterocycles. The fraction of sp³-hybridized carbons (Fsp3) is 0.545. The van der Waals surface area contributed by atoms with Crippen molar-refractivity contribution in [1.29, 1.82) is 0 Å². The molecule has 0 N–H and O–H groups in total. The smallest absolute Gasteiger partial charge is 0.277 e. The first-order valence-electron chi connectivity index (χ1n) is 9.94. The molecule has 0 aliphatic carbocycles. The molecule has 0 spiro atoms. The van der Waals surface area contributed by atoms with E-state index in [9.17, 15) is 9.59 Å². The first kappa shape index (κ1) is 19.6. The topological polar surface area (TPSA) is 43.9 Å². The Hall–Kier alpha value is -2.14. The summed E-state index contributed by atoms with van der Waals surface area (Å²) >= 11 is 0. The van der Waals surface area contributed by atoms with Gasteiger partial charge in [-0.2, -0.15) is 0 Å². The number of imide groups is 1. The zero-order valence-electron chi connectivity index (χ0n) is 17.2. The molecule has 1 aromatic carbocycles. The molecule has 27 heavy (non-hydrogen) atoms. The van der Waals surface area contributed by atoms with Crippen LogP contribution in [0.1, 0.15) is 42.9 Å². The fourth-order valence-electron chi connectivity index (χ4n) is 4.22. The maximum absolute atomic E-state index is 13.2. The highest BCUT2D eigenvalue weighted by Crippen LogP contribution is 2.35. The van der Waals surface area contributed by atoms with Crippen LogP contribution >= 0.6 is 0 Å². The first-order chi connectivity index (χ1) is 12.8. The number of amides is 2. The maximum atomic E-state index is 13.2. The van der Waals surface area contributed by atoms with Crippen molar-refractivity contribution in [2.75, 3.05) is 33.7 Å². The van der Waals surface area contributed by atoms with Crippen LogP contribution in [0.5, 0.6) is 0 Å². The molecule has 0 radical (unpaired) electrons. The molecule has 2 amide bonds. The number of piperidine rings is 1. The van der Waals surface area contributed by atoms with Crippen LogP contribution < -0.4 is 0 Å². The third-order valence-electron chi connectivity index (χ3n) is 5.83. The van der Waals surface area contributed by atoms with Gasteiger partial charge in [-0.15, -0.1) is 0 Å². The molecule has 1 aromatic rings. The van der Waals surface area contributed by atoms with Crippen molar-refractivity contribution in [3.05, 3.63) is 40.6 Å². The zero-order chi connectivity index (χ0) is 19.7. The van der Waals surface area contributed by atoms with Crippen LogP contribution in [0, 0.1) is 13.8 Å². The van der Waals surface area contributed by atoms with E-state index in [1.54, 1.807) is 0 Å². The summed E-state index contributed by atoms with van der Waals surface area (Å²) in [7, 11) is 4.11. The summed E-state index contributed by atoms with van der Waals surface area (Å²) in [5, 5.41) is 0. The average molecular weight is 370 g/mol. The standard InChI is InChI=1S/C22H31N3O2/c1-6-11-25-21(26)19(18-8-7-15(2)14-16(18)3)20(22(25)27)24(5)17-9-12-23(4)13-10-17/h7-8,14,17H,6,9-13H2,1-5H3. The van der Waals surface area contributed by atoms with Crippen LogP contribution in [0.25, 0.3) is 5.57 Å². The van der Waals surface area contributed by atoms with Gasteiger partial charge in [0.1, 0.15) is 5.70 Å². The lowest BCUT2D eigenvalue weighted by Gasteiger charge is -2.36. The number of benzene rings is 1. The number of hydrogen-bond donors (Lipinski definition) is 0. The predicted molar refractivity (Wildman–Crippen MR) is 108 cm³/mol. The molecule has 2 aliphatic heterocycles. The van der Waals surface area contributed by atoms with E-state index in [1.807, 2.05) is 40.0 Å². The van der Waals surface area contributed by atoms with Gasteiger partial charge in [-0.05, 0) is 64.4 Å². The SMILES string of the molecule is CCCN1C(=O)C(c2ccc(C)cc2C)=C(N(C)C2CCN(C)CC2)C1=O. The Morgan fingerprint density at radius 2 is 1.78 bits per heavy atom. The predicted octanol–water partition coefficient (Wildman–Crippen LogP) is 2.82. The Balaban J connectivity index is 2.06. The van der Waals surface area contributed by atoms with Gasteiger partial charge in [0.2, 0.25) is 0 Å². The maximum Gasteiger partial charge on any atom is 0.277 e. The fourth-order valence-corrected chi connectivity index (χ4v) is 4.22. The Morgan fingerprint density at radius 1 is 1.11 bits per heavy atom. The molecule has 3 rings (SSSR count). The van der Waals surface area contributed by atoms with E-state index in [4.69, 9.17) is 0 Å². The van der Waals surface area contributed by atoms with Crippen molar-refractivity contribution in [2.45, 2.75) is 46.1 Å². The Kier molecular flexibility index (Phi) is 5.70. The number of rotatable bonds is 5. The minimum Gasteiger partial charge on any atom is -0.366 e. The summed E-state index contributed by atoms with van der Waals surface area (Å²) in [6, 6.07) is 6.37. The minimum absolute atomic E-state index is 0.141. The summed E-state index contributed by atoms with van der Waals surface area (Å²) < 4.78 is 0. The lowest BCUT2D eigenvalue weighted by molar-refractivity contribution is -0.137. The number of nitrogens with zero attached hydrogens (tertiary/aromatic N) is 3. The van der Waals surface area contributed by atoms with E-state index < -0.39 is 0 Å². The molecule has 146 valence electrons. The summed E-state index contributed by atoms with van der Waals surface area (Å²) in [5.41, 5.74) is 4.23. The number of carbonyl (C=O) groups is 2. The number of carbonyl (C=O) groups excluding carboxylic acids is 2. The number of aryl methyl sites for hydroxylation is 2. The third kappa shape index (κ3) is 3.65. The van der Waals surface area contributed by atoms with Crippen LogP contribution in [0.2, 0.25) is 0 Å². The highest BCUT2D eigenvalue weighted by atomic mass is 16.2. The van der Waals surface area contributed by atoms with Gasteiger partial charge in [0.25, 0.3) is 11.8 Å². The number of hydrogen-bond acceptors (Lipinski definition) is 4. The Morgan fingerprint density at radius 3 is 2.37 bits per heavy atom. The Labute approximate surface area is 162 Å². The third-order valence-corrected chi connectivity index (χ3v) is 5.83. The number of likely N-dealkylation sites (tertiary alicyclic amines) is 1. The molecular weight excluding hydrogens is 338 g/mol. The summed E-state index contributed by atoms with van der Waals surface area (Å²) in [6.45, 7) is 8.56. The van der Waals surface area contributed by atoms with Gasteiger partial charge in [0.15, 0.2) is 0 Å². The van der Waals surface area contributed by atoms with Gasteiger partial charge in [0, 0.05) is 19.6 Å². The van der Waals surface area contributed by atoms with Gasteiger partial charge < -0.3 is 9.80 Å². The summed E-state index contributed by atoms with van der Waals surface area (Å²) in [6.07, 6.45) is 2.78. The zero-order valence-corrected chi connectivity index (χ0v) is 17.2. The summed E-state index contributed by atoms with van der Waals surface area (Å²) in [4.78, 5) is 32.2. The van der Waals surface area contributed by atoms with E-state index in [1.165, 1.54) is 4.90 Å². The van der Waals surface area contributed by atoms with Gasteiger partial charge in [-0.3, -0.25) is 14.5 Å². The molecule has 0 atom stereocenters. The van der Waals surface area contributed by atoms with Gasteiger partial charge in [0.05, 0.1) is 5.57 Å². The lowest BCUT2D eigenvalue weighted by Crippen LogP contribution is -2.43. The van der Waals surface area contributed by atoms with Crippen molar-refractivity contribution in [1.82, 2.24) is 14.7 Å². The first-order valence-corrected chi connectivity index (χ1v) is 9.94. The normalized spacial score (nSPS) is 19.4. The second-order valence-corrected chi connectivity index (χ2v) is 7.95. The van der Waals surface area contributed by atoms with Crippen molar-refractivity contribution in [3.63, 3.8) is 0 Å². The van der Waals surface area contributed by atoms with Crippen LogP contribution in [0.15, 0.2) is 23.9 Å². The quantitative estimate of drug-likeness (QED) is 0.749. The average Bonchev–Trinajstić information content (AvgIpc) is 2.87. The molecule has 0 saturated carbocycles. The van der Waals surface area contributed by atoms with Crippen LogP contribution in [0.3, 0.4) is 0 Å². The van der Waals surface area contributed by atoms with Crippen LogP contribution in [-0.4, -0.2) is 66.3 Å². The monoisotopic (exact) mass is 369 g/mol. The van der Waals surface area contributed by atoms with Crippen molar-refractivity contribution >= 4 is 17.4 Å². The second kappa shape index (κ2) is 7.85. The van der Waals surface area contributed by atoms with Crippen molar-refractivity contribution in [2.24, 2.45) is 0 Å². The van der Waals surface area contributed by atoms with E-state index in [0.717, 1.165) is 49.0 Å². The highest BCUT2D eigenvalue weighted by Gasteiger charge is 2.42. The largest absolute Gasteiger partial charge is 0.366 e. The van der Waals surface area contributed by atoms with E-state index >= 15 is 0 Å². The van der Waals surface area contributed by atoms with Crippen molar-refractivity contribution < 1.29 is 9.59 Å². The van der Waals surface area contributed by atoms with Gasteiger partial charge in [-0.1, -0.05) is 30.7 Å². The highest BCUT2D eigenvalue weighted by molar-refractivity contribution is 6.35. The number of likely N-dealkylation sites (N-methyl/N-ethyl adjacent to an activating group) is 1. The molecule has 5 nitrogen and oxygen atoms in total. The molecule has 0 aromatic heterocycles. The van der Waals surface area contributed by atoms with Crippen LogP contribution in [0.4, 0.5) is 0 Å². The molecule has 0 bridgehead atoms. The summed E-state index contributed by atoms with van der Waals surface area (Å²) in [5.74, 6) is -0.290.